The Bertz CT molecular complexity index is 848. The predicted molar refractivity (Wildman–Crippen MR) is 77.7 cm³/mol. The molecule has 0 aliphatic heterocycles. The molecule has 0 spiro atoms. The Kier molecular flexibility index (Phi) is 2.22. The summed E-state index contributed by atoms with van der Waals surface area (Å²) < 4.78 is 20.9. The Labute approximate surface area is 116 Å². The van der Waals surface area contributed by atoms with Crippen LogP contribution in [0.25, 0.3) is 22.2 Å². The van der Waals surface area contributed by atoms with Gasteiger partial charge in [0.05, 0.1) is 18.3 Å². The second-order valence-corrected chi connectivity index (χ2v) is 5.25. The highest BCUT2D eigenvalue weighted by Crippen LogP contribution is 2.43. The largest absolute Gasteiger partial charge is 0.497 e. The van der Waals surface area contributed by atoms with E-state index in [0.717, 1.165) is 23.1 Å². The van der Waals surface area contributed by atoms with Gasteiger partial charge >= 0.3 is 0 Å². The number of aryl methyl sites for hydroxylation is 1. The molecule has 4 rings (SSSR count). The van der Waals surface area contributed by atoms with Crippen molar-refractivity contribution in [1.82, 2.24) is 4.57 Å². The van der Waals surface area contributed by atoms with Crippen LogP contribution in [0.3, 0.4) is 0 Å². The van der Waals surface area contributed by atoms with Gasteiger partial charge in [-0.2, -0.15) is 0 Å². The first-order chi connectivity index (χ1) is 9.69. The molecule has 3 aromatic rings. The van der Waals surface area contributed by atoms with Crippen LogP contribution in [-0.2, 0) is 13.5 Å². The van der Waals surface area contributed by atoms with E-state index >= 15 is 0 Å². The first kappa shape index (κ1) is 11.5. The zero-order chi connectivity index (χ0) is 13.9. The van der Waals surface area contributed by atoms with Crippen molar-refractivity contribution >= 4 is 10.9 Å². The van der Waals surface area contributed by atoms with Crippen LogP contribution in [0.15, 0.2) is 36.4 Å². The number of rotatable bonds is 1. The molecule has 0 saturated heterocycles. The lowest BCUT2D eigenvalue weighted by molar-refractivity contribution is 0.415. The molecule has 1 aliphatic carbocycles. The van der Waals surface area contributed by atoms with Crippen LogP contribution in [-0.4, -0.2) is 11.7 Å². The summed E-state index contributed by atoms with van der Waals surface area (Å²) in [6.45, 7) is 0. The maximum absolute atomic E-state index is 13.5. The predicted octanol–water partition coefficient (Wildman–Crippen LogP) is 3.90. The molecule has 0 atom stereocenters. The summed E-state index contributed by atoms with van der Waals surface area (Å²) in [5.74, 6) is 0.663. The Morgan fingerprint density at radius 1 is 1.15 bits per heavy atom. The summed E-state index contributed by atoms with van der Waals surface area (Å²) in [6, 6.07) is 11.2. The Hall–Kier alpha value is -2.29. The lowest BCUT2D eigenvalue weighted by Crippen LogP contribution is -1.92. The van der Waals surface area contributed by atoms with Gasteiger partial charge in [0, 0.05) is 24.4 Å². The molecule has 1 heterocycles. The molecule has 0 unspecified atom stereocenters. The molecule has 0 N–H and O–H groups in total. The van der Waals surface area contributed by atoms with E-state index in [0.29, 0.717) is 0 Å². The second-order valence-electron chi connectivity index (χ2n) is 5.25. The normalized spacial score (nSPS) is 12.6. The van der Waals surface area contributed by atoms with Crippen molar-refractivity contribution in [3.05, 3.63) is 53.3 Å². The van der Waals surface area contributed by atoms with Gasteiger partial charge in [0.1, 0.15) is 11.6 Å². The van der Waals surface area contributed by atoms with Gasteiger partial charge in [-0.05, 0) is 41.5 Å². The molecular formula is C17H14FNO. The van der Waals surface area contributed by atoms with Crippen LogP contribution in [0.2, 0.25) is 0 Å². The highest BCUT2D eigenvalue weighted by atomic mass is 19.1. The van der Waals surface area contributed by atoms with Crippen LogP contribution < -0.4 is 4.74 Å². The highest BCUT2D eigenvalue weighted by molar-refractivity contribution is 5.95. The van der Waals surface area contributed by atoms with Gasteiger partial charge in [-0.15, -0.1) is 0 Å². The van der Waals surface area contributed by atoms with E-state index in [1.807, 2.05) is 19.2 Å². The standard InChI is InChI=1S/C17H14FNO/c1-19-16-8-11(18)4-6-13(16)15-7-10-3-5-12(20-2)9-14(10)17(15)19/h3-6,8-9H,7H2,1-2H3. The number of halogens is 1. The molecule has 2 aromatic carbocycles. The molecule has 1 aliphatic rings. The molecule has 0 radical (unpaired) electrons. The molecule has 3 heteroatoms. The molecule has 0 fully saturated rings. The molecule has 20 heavy (non-hydrogen) atoms. The average molecular weight is 267 g/mol. The lowest BCUT2D eigenvalue weighted by atomic mass is 10.1. The van der Waals surface area contributed by atoms with Gasteiger partial charge in [-0.3, -0.25) is 0 Å². The van der Waals surface area contributed by atoms with E-state index in [2.05, 4.69) is 16.7 Å². The van der Waals surface area contributed by atoms with E-state index in [9.17, 15) is 4.39 Å². The number of hydrogen-bond acceptors (Lipinski definition) is 1. The minimum absolute atomic E-state index is 0.192. The van der Waals surface area contributed by atoms with E-state index in [-0.39, 0.29) is 5.82 Å². The fourth-order valence-corrected chi connectivity index (χ4v) is 3.26. The maximum atomic E-state index is 13.5. The van der Waals surface area contributed by atoms with Crippen molar-refractivity contribution in [3.8, 4) is 17.0 Å². The molecule has 2 nitrogen and oxygen atoms in total. The summed E-state index contributed by atoms with van der Waals surface area (Å²) in [7, 11) is 3.67. The third-order valence-electron chi connectivity index (χ3n) is 4.21. The Morgan fingerprint density at radius 2 is 2.00 bits per heavy atom. The minimum Gasteiger partial charge on any atom is -0.497 e. The van der Waals surface area contributed by atoms with Gasteiger partial charge in [0.15, 0.2) is 0 Å². The number of hydrogen-bond donors (Lipinski definition) is 0. The SMILES string of the molecule is COc1ccc2c(c1)-c1c(c3ccc(F)cc3n1C)C2. The third kappa shape index (κ3) is 1.38. The van der Waals surface area contributed by atoms with E-state index in [1.54, 1.807) is 13.2 Å². The first-order valence-electron chi connectivity index (χ1n) is 6.63. The molecular weight excluding hydrogens is 253 g/mol. The number of nitrogens with zero attached hydrogens (tertiary/aromatic N) is 1. The number of methoxy groups -OCH3 is 1. The fraction of sp³-hybridized carbons (Fsp3) is 0.176. The van der Waals surface area contributed by atoms with Crippen molar-refractivity contribution in [2.75, 3.05) is 7.11 Å². The third-order valence-corrected chi connectivity index (χ3v) is 4.21. The summed E-state index contributed by atoms with van der Waals surface area (Å²) in [6.07, 6.45) is 0.900. The van der Waals surface area contributed by atoms with Crippen LogP contribution >= 0.6 is 0 Å². The molecule has 0 amide bonds. The van der Waals surface area contributed by atoms with Gasteiger partial charge in [0.25, 0.3) is 0 Å². The van der Waals surface area contributed by atoms with E-state index < -0.39 is 0 Å². The average Bonchev–Trinajstić information content (AvgIpc) is 2.95. The summed E-state index contributed by atoms with van der Waals surface area (Å²) in [5, 5.41) is 1.14. The first-order valence-corrected chi connectivity index (χ1v) is 6.63. The minimum atomic E-state index is -0.192. The monoisotopic (exact) mass is 267 g/mol. The zero-order valence-electron chi connectivity index (χ0n) is 11.4. The molecule has 0 bridgehead atoms. The second kappa shape index (κ2) is 3.85. The summed E-state index contributed by atoms with van der Waals surface area (Å²) >= 11 is 0. The van der Waals surface area contributed by atoms with Crippen molar-refractivity contribution in [2.24, 2.45) is 7.05 Å². The highest BCUT2D eigenvalue weighted by Gasteiger charge is 2.25. The van der Waals surface area contributed by atoms with E-state index in [4.69, 9.17) is 4.74 Å². The molecule has 0 saturated carbocycles. The van der Waals surface area contributed by atoms with Crippen LogP contribution in [0, 0.1) is 5.82 Å². The number of aromatic nitrogens is 1. The summed E-state index contributed by atoms with van der Waals surface area (Å²) in [4.78, 5) is 0. The van der Waals surface area contributed by atoms with Gasteiger partial charge < -0.3 is 9.30 Å². The van der Waals surface area contributed by atoms with Crippen molar-refractivity contribution in [3.63, 3.8) is 0 Å². The molecule has 100 valence electrons. The Morgan fingerprint density at radius 3 is 2.80 bits per heavy atom. The Balaban J connectivity index is 2.06. The van der Waals surface area contributed by atoms with Crippen molar-refractivity contribution in [1.29, 1.82) is 0 Å². The molecule has 1 aromatic heterocycles. The van der Waals surface area contributed by atoms with Crippen LogP contribution in [0.5, 0.6) is 5.75 Å². The number of ether oxygens (including phenoxy) is 1. The van der Waals surface area contributed by atoms with Gasteiger partial charge in [0.2, 0.25) is 0 Å². The number of fused-ring (bicyclic) bond motifs is 5. The van der Waals surface area contributed by atoms with Gasteiger partial charge in [-0.25, -0.2) is 4.39 Å². The van der Waals surface area contributed by atoms with E-state index in [1.165, 1.54) is 28.5 Å². The van der Waals surface area contributed by atoms with Crippen molar-refractivity contribution < 1.29 is 9.13 Å². The quantitative estimate of drug-likeness (QED) is 0.510. The zero-order valence-corrected chi connectivity index (χ0v) is 11.4. The number of benzene rings is 2. The topological polar surface area (TPSA) is 14.2 Å². The van der Waals surface area contributed by atoms with Gasteiger partial charge in [-0.1, -0.05) is 6.07 Å². The van der Waals surface area contributed by atoms with Crippen LogP contribution in [0.4, 0.5) is 4.39 Å². The summed E-state index contributed by atoms with van der Waals surface area (Å²) in [5.41, 5.74) is 5.91. The van der Waals surface area contributed by atoms with Crippen molar-refractivity contribution in [2.45, 2.75) is 6.42 Å². The fourth-order valence-electron chi connectivity index (χ4n) is 3.26. The maximum Gasteiger partial charge on any atom is 0.125 e. The smallest absolute Gasteiger partial charge is 0.125 e. The lowest BCUT2D eigenvalue weighted by Gasteiger charge is -2.07. The van der Waals surface area contributed by atoms with Crippen LogP contribution in [0.1, 0.15) is 11.1 Å².